The van der Waals surface area contributed by atoms with Gasteiger partial charge in [0.2, 0.25) is 0 Å². The van der Waals surface area contributed by atoms with Gasteiger partial charge in [-0.05, 0) is 20.3 Å². The van der Waals surface area contributed by atoms with Gasteiger partial charge >= 0.3 is 0 Å². The third-order valence-electron chi connectivity index (χ3n) is 2.12. The van der Waals surface area contributed by atoms with E-state index in [1.54, 1.807) is 0 Å². The van der Waals surface area contributed by atoms with Crippen LogP contribution in [0.25, 0.3) is 0 Å². The number of nitrogens with one attached hydrogen (secondary N) is 1. The molecule has 0 aliphatic carbocycles. The van der Waals surface area contributed by atoms with Gasteiger partial charge < -0.3 is 10.4 Å². The minimum atomic E-state index is 0.192. The van der Waals surface area contributed by atoms with E-state index in [9.17, 15) is 0 Å². The first-order valence-corrected chi connectivity index (χ1v) is 4.98. The fourth-order valence-corrected chi connectivity index (χ4v) is 1.30. The highest BCUT2D eigenvalue weighted by atomic mass is 16.3. The Morgan fingerprint density at radius 3 is 2.42 bits per heavy atom. The molecule has 0 heterocycles. The molecular weight excluding hydrogens is 150 g/mol. The average molecular weight is 173 g/mol. The van der Waals surface area contributed by atoms with E-state index in [0.29, 0.717) is 6.54 Å². The molecule has 12 heavy (non-hydrogen) atoms. The molecule has 0 radical (unpaired) electrons. The van der Waals surface area contributed by atoms with Crippen LogP contribution < -0.4 is 5.32 Å². The Labute approximate surface area is 76.4 Å². The molecule has 2 heteroatoms. The van der Waals surface area contributed by atoms with Crippen molar-refractivity contribution in [2.24, 2.45) is 0 Å². The van der Waals surface area contributed by atoms with Crippen LogP contribution in [0.15, 0.2) is 0 Å². The van der Waals surface area contributed by atoms with Crippen molar-refractivity contribution in [3.63, 3.8) is 0 Å². The molecule has 0 spiro atoms. The lowest BCUT2D eigenvalue weighted by Crippen LogP contribution is -2.40. The third kappa shape index (κ3) is 6.62. The normalized spacial score (nSPS) is 12.0. The predicted octanol–water partition coefficient (Wildman–Crippen LogP) is 1.93. The lowest BCUT2D eigenvalue weighted by atomic mass is 9.97. The highest BCUT2D eigenvalue weighted by Crippen LogP contribution is 2.13. The van der Waals surface area contributed by atoms with Crippen molar-refractivity contribution in [1.29, 1.82) is 0 Å². The number of rotatable bonds is 7. The zero-order valence-electron chi connectivity index (χ0n) is 8.69. The second-order valence-electron chi connectivity index (χ2n) is 3.99. The van der Waals surface area contributed by atoms with Gasteiger partial charge in [-0.15, -0.1) is 0 Å². The van der Waals surface area contributed by atoms with Crippen LogP contribution in [0.1, 0.15) is 46.5 Å². The molecule has 0 aliphatic heterocycles. The highest BCUT2D eigenvalue weighted by molar-refractivity contribution is 4.76. The molecule has 0 aliphatic rings. The first-order chi connectivity index (χ1) is 5.62. The largest absolute Gasteiger partial charge is 0.395 e. The van der Waals surface area contributed by atoms with Gasteiger partial charge in [-0.1, -0.05) is 26.2 Å². The van der Waals surface area contributed by atoms with Crippen molar-refractivity contribution in [2.45, 2.75) is 52.0 Å². The molecule has 0 saturated carbocycles. The molecule has 0 aromatic rings. The zero-order valence-corrected chi connectivity index (χ0v) is 8.69. The van der Waals surface area contributed by atoms with Gasteiger partial charge in [-0.3, -0.25) is 0 Å². The summed E-state index contributed by atoms with van der Waals surface area (Å²) in [6, 6.07) is 0. The fraction of sp³-hybridized carbons (Fsp3) is 1.00. The Kier molecular flexibility index (Phi) is 6.39. The molecule has 0 bridgehead atoms. The molecule has 0 rings (SSSR count). The van der Waals surface area contributed by atoms with Crippen molar-refractivity contribution >= 4 is 0 Å². The Morgan fingerprint density at radius 2 is 1.92 bits per heavy atom. The van der Waals surface area contributed by atoms with Gasteiger partial charge in [-0.25, -0.2) is 0 Å². The molecule has 74 valence electrons. The van der Waals surface area contributed by atoms with Crippen LogP contribution >= 0.6 is 0 Å². The van der Waals surface area contributed by atoms with Gasteiger partial charge in [0.25, 0.3) is 0 Å². The SMILES string of the molecule is CCCCCC(C)(C)NCCO. The van der Waals surface area contributed by atoms with E-state index in [1.165, 1.54) is 25.7 Å². The number of aliphatic hydroxyl groups excluding tert-OH is 1. The standard InChI is InChI=1S/C10H23NO/c1-4-5-6-7-10(2,3)11-8-9-12/h11-12H,4-9H2,1-3H3. The molecule has 2 nitrogen and oxygen atoms in total. The summed E-state index contributed by atoms with van der Waals surface area (Å²) in [5.74, 6) is 0. The Morgan fingerprint density at radius 1 is 1.25 bits per heavy atom. The molecule has 0 aromatic heterocycles. The number of hydrogen-bond acceptors (Lipinski definition) is 2. The van der Waals surface area contributed by atoms with Crippen LogP contribution in [0.2, 0.25) is 0 Å². The lowest BCUT2D eigenvalue weighted by molar-refractivity contribution is 0.258. The van der Waals surface area contributed by atoms with Crippen LogP contribution in [-0.2, 0) is 0 Å². The summed E-state index contributed by atoms with van der Waals surface area (Å²) < 4.78 is 0. The van der Waals surface area contributed by atoms with Gasteiger partial charge in [-0.2, -0.15) is 0 Å². The number of aliphatic hydroxyl groups is 1. The fourth-order valence-electron chi connectivity index (χ4n) is 1.30. The molecule has 0 unspecified atom stereocenters. The second-order valence-corrected chi connectivity index (χ2v) is 3.99. The van der Waals surface area contributed by atoms with E-state index in [2.05, 4.69) is 26.1 Å². The molecule has 0 atom stereocenters. The van der Waals surface area contributed by atoms with Crippen molar-refractivity contribution in [1.82, 2.24) is 5.32 Å². The van der Waals surface area contributed by atoms with Crippen LogP contribution in [0, 0.1) is 0 Å². The van der Waals surface area contributed by atoms with Gasteiger partial charge in [0.15, 0.2) is 0 Å². The van der Waals surface area contributed by atoms with Crippen molar-refractivity contribution in [3.05, 3.63) is 0 Å². The first-order valence-electron chi connectivity index (χ1n) is 4.98. The van der Waals surface area contributed by atoms with Crippen LogP contribution in [0.5, 0.6) is 0 Å². The minimum absolute atomic E-state index is 0.192. The van der Waals surface area contributed by atoms with Crippen molar-refractivity contribution in [3.8, 4) is 0 Å². The van der Waals surface area contributed by atoms with Gasteiger partial charge in [0.1, 0.15) is 0 Å². The van der Waals surface area contributed by atoms with E-state index in [4.69, 9.17) is 5.11 Å². The van der Waals surface area contributed by atoms with Gasteiger partial charge in [0.05, 0.1) is 6.61 Å². The van der Waals surface area contributed by atoms with Gasteiger partial charge in [0, 0.05) is 12.1 Å². The summed E-state index contributed by atoms with van der Waals surface area (Å²) in [6.07, 6.45) is 5.06. The van der Waals surface area contributed by atoms with E-state index in [0.717, 1.165) is 0 Å². The van der Waals surface area contributed by atoms with E-state index < -0.39 is 0 Å². The molecule has 0 aromatic carbocycles. The molecule has 0 saturated heterocycles. The molecule has 2 N–H and O–H groups in total. The summed E-state index contributed by atoms with van der Waals surface area (Å²) in [5, 5.41) is 12.0. The number of hydrogen-bond donors (Lipinski definition) is 2. The van der Waals surface area contributed by atoms with Crippen LogP contribution in [0.3, 0.4) is 0 Å². The monoisotopic (exact) mass is 173 g/mol. The predicted molar refractivity (Wildman–Crippen MR) is 53.3 cm³/mol. The van der Waals surface area contributed by atoms with Crippen LogP contribution in [0.4, 0.5) is 0 Å². The maximum absolute atomic E-state index is 8.64. The third-order valence-corrected chi connectivity index (χ3v) is 2.12. The van der Waals surface area contributed by atoms with Crippen LogP contribution in [-0.4, -0.2) is 23.8 Å². The lowest BCUT2D eigenvalue weighted by Gasteiger charge is -2.25. The summed E-state index contributed by atoms with van der Waals surface area (Å²) in [5.41, 5.74) is 0.192. The Balaban J connectivity index is 3.42. The van der Waals surface area contributed by atoms with Crippen molar-refractivity contribution in [2.75, 3.05) is 13.2 Å². The smallest absolute Gasteiger partial charge is 0.0556 e. The first kappa shape index (κ1) is 11.9. The number of β-amino-alcohol motifs (C(OH)–C–C–N with tert-alkyl or cyclic N) is 1. The Hall–Kier alpha value is -0.0800. The van der Waals surface area contributed by atoms with E-state index in [-0.39, 0.29) is 12.1 Å². The quantitative estimate of drug-likeness (QED) is 0.577. The van der Waals surface area contributed by atoms with E-state index in [1.807, 2.05) is 0 Å². The summed E-state index contributed by atoms with van der Waals surface area (Å²) in [6.45, 7) is 7.54. The topological polar surface area (TPSA) is 32.3 Å². The maximum Gasteiger partial charge on any atom is 0.0556 e. The minimum Gasteiger partial charge on any atom is -0.395 e. The summed E-state index contributed by atoms with van der Waals surface area (Å²) in [7, 11) is 0. The zero-order chi connectivity index (χ0) is 9.45. The summed E-state index contributed by atoms with van der Waals surface area (Å²) in [4.78, 5) is 0. The molecule has 0 fully saturated rings. The average Bonchev–Trinajstić information content (AvgIpc) is 2.01. The van der Waals surface area contributed by atoms with E-state index >= 15 is 0 Å². The second kappa shape index (κ2) is 6.44. The highest BCUT2D eigenvalue weighted by Gasteiger charge is 2.14. The molecular formula is C10H23NO. The maximum atomic E-state index is 8.64. The Bertz CT molecular complexity index is 102. The van der Waals surface area contributed by atoms with Crippen molar-refractivity contribution < 1.29 is 5.11 Å². The summed E-state index contributed by atoms with van der Waals surface area (Å²) >= 11 is 0. The number of unbranched alkanes of at least 4 members (excludes halogenated alkanes) is 2. The molecule has 0 amide bonds.